The number of halogens is 2. The van der Waals surface area contributed by atoms with Gasteiger partial charge in [0.25, 0.3) is 0 Å². The molecule has 0 radical (unpaired) electrons. The summed E-state index contributed by atoms with van der Waals surface area (Å²) in [4.78, 5) is 12.1. The number of benzene rings is 2. The molecule has 0 spiro atoms. The molecule has 0 heterocycles. The maximum absolute atomic E-state index is 12.1. The van der Waals surface area contributed by atoms with Crippen molar-refractivity contribution in [3.63, 3.8) is 0 Å². The largest absolute Gasteiger partial charge is 0.493 e. The van der Waals surface area contributed by atoms with Gasteiger partial charge in [0.1, 0.15) is 0 Å². The third-order valence-electron chi connectivity index (χ3n) is 2.42. The lowest BCUT2D eigenvalue weighted by Gasteiger charge is -2.09. The monoisotopic (exact) mass is 384 g/mol. The second-order valence-electron chi connectivity index (χ2n) is 3.66. The molecule has 0 aliphatic heterocycles. The molecule has 0 fully saturated rings. The fourth-order valence-corrected chi connectivity index (χ4v) is 2.28. The highest BCUT2D eigenvalue weighted by Crippen LogP contribution is 2.28. The van der Waals surface area contributed by atoms with Gasteiger partial charge >= 0.3 is 5.97 Å². The lowest BCUT2D eigenvalue weighted by atomic mass is 10.2. The van der Waals surface area contributed by atoms with Crippen LogP contribution in [-0.4, -0.2) is 13.1 Å². The van der Waals surface area contributed by atoms with Gasteiger partial charge in [0.05, 0.1) is 12.7 Å². The van der Waals surface area contributed by atoms with Gasteiger partial charge in [-0.05, 0) is 46.3 Å². The number of rotatable bonds is 3. The molecule has 0 amide bonds. The summed E-state index contributed by atoms with van der Waals surface area (Å²) in [5.74, 6) is 0.460. The molecule has 2 aromatic carbocycles. The van der Waals surface area contributed by atoms with Gasteiger partial charge in [0.2, 0.25) is 0 Å². The van der Waals surface area contributed by atoms with E-state index in [9.17, 15) is 4.79 Å². The molecule has 5 heteroatoms. The predicted molar refractivity (Wildman–Crippen MR) is 79.8 cm³/mol. The van der Waals surface area contributed by atoms with E-state index in [0.29, 0.717) is 21.5 Å². The van der Waals surface area contributed by atoms with Crippen LogP contribution in [0.1, 0.15) is 10.4 Å². The molecule has 98 valence electrons. The Balaban J connectivity index is 2.28. The summed E-state index contributed by atoms with van der Waals surface area (Å²) in [5.41, 5.74) is 0.445. The molecule has 3 nitrogen and oxygen atoms in total. The van der Waals surface area contributed by atoms with E-state index >= 15 is 0 Å². The number of esters is 1. The summed E-state index contributed by atoms with van der Waals surface area (Å²) in [7, 11) is 1.53. The molecule has 2 rings (SSSR count). The lowest BCUT2D eigenvalue weighted by Crippen LogP contribution is -2.10. The van der Waals surface area contributed by atoms with E-state index < -0.39 is 5.97 Å². The number of carbonyl (C=O) groups excluding carboxylic acids is 1. The van der Waals surface area contributed by atoms with Crippen molar-refractivity contribution in [3.05, 3.63) is 57.0 Å². The smallest absolute Gasteiger partial charge is 0.344 e. The number of hydrogen-bond donors (Lipinski definition) is 0. The summed E-state index contributed by atoms with van der Waals surface area (Å²) >= 11 is 6.65. The van der Waals surface area contributed by atoms with Gasteiger partial charge in [-0.2, -0.15) is 0 Å². The third-order valence-corrected chi connectivity index (χ3v) is 3.60. The first-order valence-electron chi connectivity index (χ1n) is 5.42. The molecular formula is C14H10Br2O3. The number of ether oxygens (including phenoxy) is 2. The summed E-state index contributed by atoms with van der Waals surface area (Å²) in [6, 6.07) is 12.3. The predicted octanol–water partition coefficient (Wildman–Crippen LogP) is 4.44. The molecule has 0 N–H and O–H groups in total. The zero-order valence-electron chi connectivity index (χ0n) is 10.0. The Bertz CT molecular complexity index is 611. The van der Waals surface area contributed by atoms with E-state index in [4.69, 9.17) is 9.47 Å². The quantitative estimate of drug-likeness (QED) is 0.578. The normalized spacial score (nSPS) is 10.1. The number of carbonyl (C=O) groups is 1. The number of methoxy groups -OCH3 is 1. The highest BCUT2D eigenvalue weighted by atomic mass is 79.9. The molecule has 0 atom stereocenters. The highest BCUT2D eigenvalue weighted by Gasteiger charge is 2.15. The van der Waals surface area contributed by atoms with Gasteiger partial charge in [-0.25, -0.2) is 4.79 Å². The summed E-state index contributed by atoms with van der Waals surface area (Å²) < 4.78 is 12.0. The Kier molecular flexibility index (Phi) is 4.61. The standard InChI is InChI=1S/C14H10Br2O3/c1-18-12-4-2-3-5-13(12)19-14(17)10-8-9(15)6-7-11(10)16/h2-8H,1H3. The van der Waals surface area contributed by atoms with Gasteiger partial charge in [-0.15, -0.1) is 0 Å². The zero-order chi connectivity index (χ0) is 13.8. The van der Waals surface area contributed by atoms with Crippen molar-refractivity contribution >= 4 is 37.8 Å². The van der Waals surface area contributed by atoms with Gasteiger partial charge in [0.15, 0.2) is 11.5 Å². The highest BCUT2D eigenvalue weighted by molar-refractivity contribution is 9.11. The average Bonchev–Trinajstić information content (AvgIpc) is 2.42. The SMILES string of the molecule is COc1ccccc1OC(=O)c1cc(Br)ccc1Br. The first kappa shape index (κ1) is 14.1. The lowest BCUT2D eigenvalue weighted by molar-refractivity contribution is 0.0728. The van der Waals surface area contributed by atoms with Gasteiger partial charge in [-0.3, -0.25) is 0 Å². The molecular weight excluding hydrogens is 376 g/mol. The van der Waals surface area contributed by atoms with Crippen molar-refractivity contribution in [3.8, 4) is 11.5 Å². The van der Waals surface area contributed by atoms with E-state index in [0.717, 1.165) is 4.47 Å². The van der Waals surface area contributed by atoms with E-state index in [1.807, 2.05) is 12.1 Å². The van der Waals surface area contributed by atoms with Gasteiger partial charge in [-0.1, -0.05) is 28.1 Å². The molecule has 2 aromatic rings. The third kappa shape index (κ3) is 3.36. The Hall–Kier alpha value is -1.33. The van der Waals surface area contributed by atoms with Crippen molar-refractivity contribution in [2.45, 2.75) is 0 Å². The maximum Gasteiger partial charge on any atom is 0.344 e. The van der Waals surface area contributed by atoms with E-state index in [1.54, 1.807) is 30.3 Å². The topological polar surface area (TPSA) is 35.5 Å². The molecule has 0 saturated heterocycles. The summed E-state index contributed by atoms with van der Waals surface area (Å²) in [5, 5.41) is 0. The van der Waals surface area contributed by atoms with Crippen LogP contribution in [0.4, 0.5) is 0 Å². The first-order chi connectivity index (χ1) is 9.11. The minimum absolute atomic E-state index is 0.391. The van der Waals surface area contributed by atoms with Gasteiger partial charge < -0.3 is 9.47 Å². The van der Waals surface area contributed by atoms with Crippen LogP contribution in [0.2, 0.25) is 0 Å². The van der Waals surface area contributed by atoms with Crippen LogP contribution in [0.3, 0.4) is 0 Å². The van der Waals surface area contributed by atoms with E-state index in [2.05, 4.69) is 31.9 Å². The van der Waals surface area contributed by atoms with Crippen molar-refractivity contribution in [2.24, 2.45) is 0 Å². The van der Waals surface area contributed by atoms with Crippen LogP contribution in [-0.2, 0) is 0 Å². The van der Waals surface area contributed by atoms with Crippen molar-refractivity contribution < 1.29 is 14.3 Å². The molecule has 19 heavy (non-hydrogen) atoms. The van der Waals surface area contributed by atoms with Gasteiger partial charge in [0, 0.05) is 8.95 Å². The maximum atomic E-state index is 12.1. The van der Waals surface area contributed by atoms with Crippen LogP contribution in [0.5, 0.6) is 11.5 Å². The minimum atomic E-state index is -0.447. The second-order valence-corrected chi connectivity index (χ2v) is 5.43. The Morgan fingerprint density at radius 3 is 2.42 bits per heavy atom. The molecule has 0 aliphatic rings. The summed E-state index contributed by atoms with van der Waals surface area (Å²) in [6.07, 6.45) is 0. The Morgan fingerprint density at radius 1 is 1.05 bits per heavy atom. The van der Waals surface area contributed by atoms with E-state index in [-0.39, 0.29) is 0 Å². The van der Waals surface area contributed by atoms with Crippen molar-refractivity contribution in [1.29, 1.82) is 0 Å². The zero-order valence-corrected chi connectivity index (χ0v) is 13.2. The van der Waals surface area contributed by atoms with Crippen molar-refractivity contribution in [1.82, 2.24) is 0 Å². The van der Waals surface area contributed by atoms with Crippen LogP contribution in [0.15, 0.2) is 51.4 Å². The fraction of sp³-hybridized carbons (Fsp3) is 0.0714. The van der Waals surface area contributed by atoms with Crippen LogP contribution < -0.4 is 9.47 Å². The first-order valence-corrected chi connectivity index (χ1v) is 7.00. The van der Waals surface area contributed by atoms with E-state index in [1.165, 1.54) is 7.11 Å². The second kappa shape index (κ2) is 6.21. The molecule has 0 saturated carbocycles. The van der Waals surface area contributed by atoms with Crippen LogP contribution >= 0.6 is 31.9 Å². The van der Waals surface area contributed by atoms with Crippen LogP contribution in [0.25, 0.3) is 0 Å². The molecule has 0 unspecified atom stereocenters. The Morgan fingerprint density at radius 2 is 1.74 bits per heavy atom. The fourth-order valence-electron chi connectivity index (χ4n) is 1.51. The Labute approximate surface area is 127 Å². The average molecular weight is 386 g/mol. The number of para-hydroxylation sites is 2. The van der Waals surface area contributed by atoms with Crippen LogP contribution in [0, 0.1) is 0 Å². The molecule has 0 bridgehead atoms. The molecule has 0 aliphatic carbocycles. The number of hydrogen-bond acceptors (Lipinski definition) is 3. The molecule has 0 aromatic heterocycles. The minimum Gasteiger partial charge on any atom is -0.493 e. The summed E-state index contributed by atoms with van der Waals surface area (Å²) in [6.45, 7) is 0. The van der Waals surface area contributed by atoms with Crippen molar-refractivity contribution in [2.75, 3.05) is 7.11 Å².